The molecule has 0 radical (unpaired) electrons. The maximum atomic E-state index is 13.0. The average molecular weight is 244 g/mol. The van der Waals surface area contributed by atoms with Gasteiger partial charge in [0.15, 0.2) is 11.6 Å². The summed E-state index contributed by atoms with van der Waals surface area (Å²) in [5.41, 5.74) is 0.601. The second-order valence-corrected chi connectivity index (χ2v) is 3.69. The van der Waals surface area contributed by atoms with Crippen molar-refractivity contribution in [2.24, 2.45) is 0 Å². The molecule has 0 saturated carbocycles. The number of rotatable bonds is 2. The third-order valence-corrected chi connectivity index (χ3v) is 2.49. The fraction of sp³-hybridized carbons (Fsp3) is 0.200. The molecule has 1 aromatic heterocycles. The number of aryl methyl sites for hydroxylation is 1. The third-order valence-electron chi connectivity index (χ3n) is 2.22. The van der Waals surface area contributed by atoms with Crippen LogP contribution in [0.15, 0.2) is 18.2 Å². The normalized spacial score (nSPS) is 10.8. The Bertz CT molecular complexity index is 505. The molecule has 0 N–H and O–H groups in total. The first-order valence-electron chi connectivity index (χ1n) is 4.57. The Labute approximate surface area is 95.7 Å². The number of benzene rings is 1. The zero-order valence-electron chi connectivity index (χ0n) is 8.41. The highest BCUT2D eigenvalue weighted by molar-refractivity contribution is 6.28. The van der Waals surface area contributed by atoms with Gasteiger partial charge >= 0.3 is 0 Å². The fourth-order valence-corrected chi connectivity index (χ4v) is 1.58. The lowest BCUT2D eigenvalue weighted by molar-refractivity contribution is 0.506. The summed E-state index contributed by atoms with van der Waals surface area (Å²) < 4.78 is 27.3. The lowest BCUT2D eigenvalue weighted by Crippen LogP contribution is -2.03. The number of nitrogens with zero attached hydrogens (tertiary/aromatic N) is 3. The summed E-state index contributed by atoms with van der Waals surface area (Å²) in [6, 6.07) is 3.71. The van der Waals surface area contributed by atoms with Crippen LogP contribution in [0.2, 0.25) is 5.28 Å². The molecule has 0 aliphatic carbocycles. The second kappa shape index (κ2) is 4.17. The van der Waals surface area contributed by atoms with Gasteiger partial charge in [0.05, 0.1) is 6.54 Å². The Balaban J connectivity index is 2.31. The van der Waals surface area contributed by atoms with E-state index >= 15 is 0 Å². The van der Waals surface area contributed by atoms with Gasteiger partial charge in [-0.3, -0.25) is 4.57 Å². The monoisotopic (exact) mass is 243 g/mol. The summed E-state index contributed by atoms with van der Waals surface area (Å²) in [7, 11) is 0. The molecule has 6 heteroatoms. The van der Waals surface area contributed by atoms with Crippen LogP contribution in [0.4, 0.5) is 8.78 Å². The molecule has 0 amide bonds. The smallest absolute Gasteiger partial charge is 0.225 e. The molecule has 0 fully saturated rings. The molecule has 1 aromatic carbocycles. The van der Waals surface area contributed by atoms with Crippen LogP contribution in [0.25, 0.3) is 0 Å². The molecule has 0 atom stereocenters. The van der Waals surface area contributed by atoms with Crippen LogP contribution < -0.4 is 0 Å². The zero-order chi connectivity index (χ0) is 11.7. The molecule has 3 nitrogen and oxygen atoms in total. The van der Waals surface area contributed by atoms with Gasteiger partial charge < -0.3 is 0 Å². The second-order valence-electron chi connectivity index (χ2n) is 3.35. The maximum Gasteiger partial charge on any atom is 0.225 e. The maximum absolute atomic E-state index is 13.0. The van der Waals surface area contributed by atoms with Crippen LogP contribution >= 0.6 is 11.6 Å². The van der Waals surface area contributed by atoms with E-state index in [1.807, 2.05) is 0 Å². The van der Waals surface area contributed by atoms with Crippen molar-refractivity contribution in [3.63, 3.8) is 0 Å². The Hall–Kier alpha value is -1.49. The number of aromatic nitrogens is 3. The fourth-order valence-electron chi connectivity index (χ4n) is 1.36. The van der Waals surface area contributed by atoms with E-state index in [2.05, 4.69) is 10.2 Å². The molecule has 0 aliphatic rings. The SMILES string of the molecule is Cc1nnc(Cl)n1Cc1ccc(F)c(F)c1. The van der Waals surface area contributed by atoms with E-state index in [1.165, 1.54) is 6.07 Å². The Morgan fingerprint density at radius 3 is 2.56 bits per heavy atom. The molecule has 0 spiro atoms. The van der Waals surface area contributed by atoms with Gasteiger partial charge in [0.1, 0.15) is 5.82 Å². The predicted molar refractivity (Wildman–Crippen MR) is 55.2 cm³/mol. The molecule has 0 saturated heterocycles. The van der Waals surface area contributed by atoms with Gasteiger partial charge in [0.25, 0.3) is 0 Å². The third kappa shape index (κ3) is 2.04. The first-order valence-corrected chi connectivity index (χ1v) is 4.95. The lowest BCUT2D eigenvalue weighted by Gasteiger charge is -2.05. The van der Waals surface area contributed by atoms with Crippen molar-refractivity contribution in [3.05, 3.63) is 46.5 Å². The molecule has 0 aliphatic heterocycles. The quantitative estimate of drug-likeness (QED) is 0.812. The molecule has 16 heavy (non-hydrogen) atoms. The minimum absolute atomic E-state index is 0.224. The summed E-state index contributed by atoms with van der Waals surface area (Å²) in [5, 5.41) is 7.65. The van der Waals surface area contributed by atoms with Crippen molar-refractivity contribution in [2.75, 3.05) is 0 Å². The molecule has 0 unspecified atom stereocenters. The van der Waals surface area contributed by atoms with Gasteiger partial charge in [0, 0.05) is 0 Å². The molecule has 2 aromatic rings. The van der Waals surface area contributed by atoms with Crippen LogP contribution in [-0.4, -0.2) is 14.8 Å². The standard InChI is InChI=1S/C10H8ClF2N3/c1-6-14-15-10(11)16(6)5-7-2-3-8(12)9(13)4-7/h2-4H,5H2,1H3. The van der Waals surface area contributed by atoms with Gasteiger partial charge in [-0.15, -0.1) is 10.2 Å². The van der Waals surface area contributed by atoms with Crippen molar-refractivity contribution in [1.82, 2.24) is 14.8 Å². The first kappa shape index (κ1) is 11.0. The van der Waals surface area contributed by atoms with Crippen molar-refractivity contribution < 1.29 is 8.78 Å². The highest BCUT2D eigenvalue weighted by Gasteiger charge is 2.08. The Morgan fingerprint density at radius 2 is 2.00 bits per heavy atom. The van der Waals surface area contributed by atoms with Gasteiger partial charge in [0.2, 0.25) is 5.28 Å². The number of hydrogen-bond donors (Lipinski definition) is 0. The summed E-state index contributed by atoms with van der Waals surface area (Å²) in [6.45, 7) is 2.05. The predicted octanol–water partition coefficient (Wildman–Crippen LogP) is 2.57. The topological polar surface area (TPSA) is 30.7 Å². The lowest BCUT2D eigenvalue weighted by atomic mass is 10.2. The van der Waals surface area contributed by atoms with Crippen molar-refractivity contribution >= 4 is 11.6 Å². The van der Waals surface area contributed by atoms with E-state index < -0.39 is 11.6 Å². The van der Waals surface area contributed by atoms with Crippen LogP contribution in [0.1, 0.15) is 11.4 Å². The van der Waals surface area contributed by atoms with E-state index in [9.17, 15) is 8.78 Å². The van der Waals surface area contributed by atoms with Gasteiger partial charge in [-0.2, -0.15) is 0 Å². The summed E-state index contributed by atoms with van der Waals surface area (Å²) >= 11 is 5.79. The minimum Gasteiger partial charge on any atom is -0.298 e. The minimum atomic E-state index is -0.876. The highest BCUT2D eigenvalue weighted by atomic mass is 35.5. The summed E-state index contributed by atoms with van der Waals surface area (Å²) in [6.07, 6.45) is 0. The zero-order valence-corrected chi connectivity index (χ0v) is 9.17. The van der Waals surface area contributed by atoms with E-state index in [0.717, 1.165) is 12.1 Å². The van der Waals surface area contributed by atoms with Crippen molar-refractivity contribution in [3.8, 4) is 0 Å². The van der Waals surface area contributed by atoms with Crippen LogP contribution in [0.3, 0.4) is 0 Å². The van der Waals surface area contributed by atoms with E-state index in [0.29, 0.717) is 17.9 Å². The van der Waals surface area contributed by atoms with Gasteiger partial charge in [-0.25, -0.2) is 8.78 Å². The van der Waals surface area contributed by atoms with Crippen LogP contribution in [0.5, 0.6) is 0 Å². The van der Waals surface area contributed by atoms with Crippen molar-refractivity contribution in [1.29, 1.82) is 0 Å². The van der Waals surface area contributed by atoms with Gasteiger partial charge in [-0.05, 0) is 36.2 Å². The molecule has 2 rings (SSSR count). The number of hydrogen-bond acceptors (Lipinski definition) is 2. The Kier molecular flexibility index (Phi) is 2.87. The molecule has 84 valence electrons. The highest BCUT2D eigenvalue weighted by Crippen LogP contribution is 2.14. The molecule has 0 bridgehead atoms. The van der Waals surface area contributed by atoms with E-state index in [1.54, 1.807) is 11.5 Å². The molecule has 1 heterocycles. The van der Waals surface area contributed by atoms with E-state index in [-0.39, 0.29) is 5.28 Å². The number of halogens is 3. The molecular formula is C10H8ClF2N3. The van der Waals surface area contributed by atoms with Crippen LogP contribution in [-0.2, 0) is 6.54 Å². The molecular weight excluding hydrogens is 236 g/mol. The van der Waals surface area contributed by atoms with E-state index in [4.69, 9.17) is 11.6 Å². The first-order chi connectivity index (χ1) is 7.58. The van der Waals surface area contributed by atoms with Crippen LogP contribution in [0, 0.1) is 18.6 Å². The Morgan fingerprint density at radius 1 is 1.25 bits per heavy atom. The van der Waals surface area contributed by atoms with Crippen molar-refractivity contribution in [2.45, 2.75) is 13.5 Å². The summed E-state index contributed by atoms with van der Waals surface area (Å²) in [5.74, 6) is -1.12. The average Bonchev–Trinajstić information content (AvgIpc) is 2.55. The largest absolute Gasteiger partial charge is 0.298 e. The summed E-state index contributed by atoms with van der Waals surface area (Å²) in [4.78, 5) is 0. The van der Waals surface area contributed by atoms with Gasteiger partial charge in [-0.1, -0.05) is 6.07 Å².